The number of aromatic nitrogens is 1. The fourth-order valence-electron chi connectivity index (χ4n) is 4.33. The lowest BCUT2D eigenvalue weighted by atomic mass is 10.00. The molecular formula is C28H26F4N2O4. The van der Waals surface area contributed by atoms with Gasteiger partial charge in [0, 0.05) is 41.3 Å². The van der Waals surface area contributed by atoms with Gasteiger partial charge in [0.05, 0.1) is 20.8 Å². The van der Waals surface area contributed by atoms with Crippen molar-refractivity contribution in [3.63, 3.8) is 0 Å². The van der Waals surface area contributed by atoms with Gasteiger partial charge in [-0.3, -0.25) is 0 Å². The molecule has 0 atom stereocenters. The van der Waals surface area contributed by atoms with Gasteiger partial charge in [-0.15, -0.1) is 0 Å². The van der Waals surface area contributed by atoms with Crippen molar-refractivity contribution in [3.8, 4) is 28.4 Å². The first-order chi connectivity index (χ1) is 18.2. The molecule has 0 radical (unpaired) electrons. The van der Waals surface area contributed by atoms with E-state index in [1.54, 1.807) is 47.2 Å². The monoisotopic (exact) mass is 530 g/mol. The molecule has 200 valence electrons. The first kappa shape index (κ1) is 26.8. The number of carbonyl (C=O) groups excluding carboxylic acids is 1. The third-order valence-electron chi connectivity index (χ3n) is 6.32. The lowest BCUT2D eigenvalue weighted by Crippen LogP contribution is -2.33. The van der Waals surface area contributed by atoms with Gasteiger partial charge in [-0.1, -0.05) is 6.07 Å². The predicted octanol–water partition coefficient (Wildman–Crippen LogP) is 6.77. The summed E-state index contributed by atoms with van der Waals surface area (Å²) < 4.78 is 73.6. The second kappa shape index (κ2) is 11.0. The van der Waals surface area contributed by atoms with Gasteiger partial charge in [0.15, 0.2) is 34.8 Å². The van der Waals surface area contributed by atoms with E-state index in [1.807, 2.05) is 13.8 Å². The average molecular weight is 531 g/mol. The zero-order chi connectivity index (χ0) is 27.6. The number of hydrogen-bond donors (Lipinski definition) is 0. The van der Waals surface area contributed by atoms with Crippen LogP contribution in [0.4, 0.5) is 22.4 Å². The lowest BCUT2D eigenvalue weighted by Gasteiger charge is -2.20. The van der Waals surface area contributed by atoms with Crippen LogP contribution < -0.4 is 14.2 Å². The number of amides is 1. The number of hydrogen-bond acceptors (Lipinski definition) is 4. The van der Waals surface area contributed by atoms with Gasteiger partial charge in [-0.05, 0) is 55.8 Å². The molecule has 1 amide bonds. The van der Waals surface area contributed by atoms with Gasteiger partial charge in [-0.2, -0.15) is 0 Å². The molecule has 0 fully saturated rings. The van der Waals surface area contributed by atoms with Crippen LogP contribution >= 0.6 is 0 Å². The summed E-state index contributed by atoms with van der Waals surface area (Å²) in [6, 6.07) is 10.8. The van der Waals surface area contributed by atoms with Crippen molar-refractivity contribution in [3.05, 3.63) is 77.5 Å². The number of halogens is 4. The Bertz CT molecular complexity index is 1500. The summed E-state index contributed by atoms with van der Waals surface area (Å²) in [5, 5.41) is 0.616. The van der Waals surface area contributed by atoms with Crippen molar-refractivity contribution >= 4 is 17.0 Å². The summed E-state index contributed by atoms with van der Waals surface area (Å²) in [6.45, 7) is 4.31. The number of methoxy groups -OCH3 is 2. The molecule has 38 heavy (non-hydrogen) atoms. The van der Waals surface area contributed by atoms with E-state index in [4.69, 9.17) is 14.2 Å². The molecule has 1 aromatic heterocycles. The van der Waals surface area contributed by atoms with Crippen molar-refractivity contribution < 1.29 is 36.6 Å². The molecule has 1 heterocycles. The van der Waals surface area contributed by atoms with Crippen molar-refractivity contribution in [1.29, 1.82) is 0 Å². The molecule has 0 unspecified atom stereocenters. The van der Waals surface area contributed by atoms with Gasteiger partial charge in [0.1, 0.15) is 5.75 Å². The van der Waals surface area contributed by atoms with Gasteiger partial charge in [0.2, 0.25) is 0 Å². The van der Waals surface area contributed by atoms with Crippen LogP contribution in [0.2, 0.25) is 0 Å². The van der Waals surface area contributed by atoms with Crippen LogP contribution in [0.15, 0.2) is 48.7 Å². The van der Waals surface area contributed by atoms with Crippen LogP contribution in [0.1, 0.15) is 19.4 Å². The molecule has 0 saturated heterocycles. The van der Waals surface area contributed by atoms with E-state index in [0.29, 0.717) is 52.7 Å². The highest BCUT2D eigenvalue weighted by molar-refractivity contribution is 6.00. The molecule has 3 aromatic carbocycles. The molecule has 0 spiro atoms. The Morgan fingerprint density at radius 3 is 2.18 bits per heavy atom. The molecule has 0 aliphatic heterocycles. The summed E-state index contributed by atoms with van der Waals surface area (Å²) in [4.78, 5) is 14.3. The fourth-order valence-corrected chi connectivity index (χ4v) is 4.33. The van der Waals surface area contributed by atoms with Crippen LogP contribution in [0.5, 0.6) is 17.2 Å². The molecule has 0 aliphatic carbocycles. The molecule has 6 nitrogen and oxygen atoms in total. The molecule has 10 heteroatoms. The molecule has 0 bridgehead atoms. The van der Waals surface area contributed by atoms with E-state index < -0.39 is 29.4 Å². The second-order valence-electron chi connectivity index (χ2n) is 8.38. The van der Waals surface area contributed by atoms with E-state index in [0.717, 1.165) is 0 Å². The maximum absolute atomic E-state index is 14.4. The highest BCUT2D eigenvalue weighted by Gasteiger charge is 2.22. The summed E-state index contributed by atoms with van der Waals surface area (Å²) >= 11 is 0. The third-order valence-corrected chi connectivity index (χ3v) is 6.32. The minimum Gasteiger partial charge on any atom is -0.493 e. The first-order valence-corrected chi connectivity index (χ1v) is 11.9. The van der Waals surface area contributed by atoms with Crippen LogP contribution in [0.25, 0.3) is 22.0 Å². The smallest absolute Gasteiger partial charge is 0.415 e. The number of carbonyl (C=O) groups is 1. The van der Waals surface area contributed by atoms with Gasteiger partial charge in [0.25, 0.3) is 0 Å². The van der Waals surface area contributed by atoms with Gasteiger partial charge in [-0.25, -0.2) is 22.4 Å². The SMILES string of the molecule is CCN(CC)C(=O)Oc1ccc2c(ccn2Cc2cc(F)c(F)c(F)c2F)c1-c1ccc(OC)c(OC)c1. The summed E-state index contributed by atoms with van der Waals surface area (Å²) in [6.07, 6.45) is 1.07. The zero-order valence-electron chi connectivity index (χ0n) is 21.3. The first-order valence-electron chi connectivity index (χ1n) is 11.9. The average Bonchev–Trinajstić information content (AvgIpc) is 3.33. The summed E-state index contributed by atoms with van der Waals surface area (Å²) in [7, 11) is 3.01. The van der Waals surface area contributed by atoms with E-state index in [9.17, 15) is 22.4 Å². The maximum Gasteiger partial charge on any atom is 0.415 e. The Morgan fingerprint density at radius 2 is 1.53 bits per heavy atom. The molecule has 4 rings (SSSR count). The Labute approximate surface area is 216 Å². The molecule has 0 N–H and O–H groups in total. The Morgan fingerprint density at radius 1 is 0.842 bits per heavy atom. The van der Waals surface area contributed by atoms with E-state index in [2.05, 4.69) is 0 Å². The van der Waals surface area contributed by atoms with Crippen LogP contribution in [-0.4, -0.2) is 42.9 Å². The normalized spacial score (nSPS) is 11.1. The highest BCUT2D eigenvalue weighted by atomic mass is 19.2. The minimum absolute atomic E-state index is 0.268. The van der Waals surface area contributed by atoms with Crippen LogP contribution in [0.3, 0.4) is 0 Å². The number of rotatable bonds is 8. The van der Waals surface area contributed by atoms with E-state index in [1.165, 1.54) is 19.1 Å². The third kappa shape index (κ3) is 4.85. The highest BCUT2D eigenvalue weighted by Crippen LogP contribution is 2.41. The Hall–Kier alpha value is -4.21. The minimum atomic E-state index is -1.87. The fraction of sp³-hybridized carbons (Fsp3) is 0.250. The van der Waals surface area contributed by atoms with Crippen molar-refractivity contribution in [2.24, 2.45) is 0 Å². The van der Waals surface area contributed by atoms with Crippen LogP contribution in [0, 0.1) is 23.3 Å². The van der Waals surface area contributed by atoms with Crippen molar-refractivity contribution in [1.82, 2.24) is 9.47 Å². The largest absolute Gasteiger partial charge is 0.493 e. The Kier molecular flexibility index (Phi) is 7.80. The molecule has 0 saturated carbocycles. The van der Waals surface area contributed by atoms with E-state index >= 15 is 0 Å². The number of ether oxygens (including phenoxy) is 3. The van der Waals surface area contributed by atoms with Crippen molar-refractivity contribution in [2.75, 3.05) is 27.3 Å². The number of benzene rings is 3. The molecular weight excluding hydrogens is 504 g/mol. The lowest BCUT2D eigenvalue weighted by molar-refractivity contribution is 0.157. The summed E-state index contributed by atoms with van der Waals surface area (Å²) in [5.41, 5.74) is 1.38. The zero-order valence-corrected chi connectivity index (χ0v) is 21.3. The predicted molar refractivity (Wildman–Crippen MR) is 135 cm³/mol. The molecule has 0 aliphatic rings. The van der Waals surface area contributed by atoms with E-state index in [-0.39, 0.29) is 17.9 Å². The topological polar surface area (TPSA) is 52.9 Å². The molecule has 4 aromatic rings. The Balaban J connectivity index is 1.87. The number of nitrogens with zero attached hydrogens (tertiary/aromatic N) is 2. The van der Waals surface area contributed by atoms with Crippen LogP contribution in [-0.2, 0) is 6.54 Å². The van der Waals surface area contributed by atoms with Gasteiger partial charge < -0.3 is 23.7 Å². The van der Waals surface area contributed by atoms with Crippen molar-refractivity contribution in [2.45, 2.75) is 20.4 Å². The standard InChI is InChI=1S/C28H26F4N2O4/c1-5-33(6-2)28(35)38-22-10-8-20-18(24(22)16-7-9-21(36-3)23(14-16)37-4)11-12-34(20)15-17-13-19(29)26(31)27(32)25(17)30/h7-14H,5-6,15H2,1-4H3. The van der Waals surface area contributed by atoms with Gasteiger partial charge >= 0.3 is 6.09 Å². The summed E-state index contributed by atoms with van der Waals surface area (Å²) in [5.74, 6) is -5.46. The second-order valence-corrected chi connectivity index (χ2v) is 8.38. The quantitative estimate of drug-likeness (QED) is 0.143. The number of fused-ring (bicyclic) bond motifs is 1. The maximum atomic E-state index is 14.4.